The molecule has 2 amide bonds. The molecule has 25 heavy (non-hydrogen) atoms. The van der Waals surface area contributed by atoms with Crippen LogP contribution in [0.15, 0.2) is 18.2 Å². The number of carbonyl (C=O) groups excluding carboxylic acids is 3. The second-order valence-corrected chi connectivity index (χ2v) is 5.97. The SMILES string of the molecule is CCCCN(CC)C(=O)COC(=O)CNC(=O)c1ccc(C)c(C)c1. The predicted molar refractivity (Wildman–Crippen MR) is 96.4 cm³/mol. The summed E-state index contributed by atoms with van der Waals surface area (Å²) >= 11 is 0. The molecule has 0 saturated carbocycles. The number of aryl methyl sites for hydroxylation is 2. The Labute approximate surface area is 149 Å². The second kappa shape index (κ2) is 10.5. The Morgan fingerprint density at radius 3 is 2.44 bits per heavy atom. The zero-order valence-electron chi connectivity index (χ0n) is 15.6. The van der Waals surface area contributed by atoms with E-state index in [4.69, 9.17) is 4.74 Å². The number of benzene rings is 1. The van der Waals surface area contributed by atoms with E-state index in [1.54, 1.807) is 17.0 Å². The number of hydrogen-bond donors (Lipinski definition) is 1. The molecule has 1 N–H and O–H groups in total. The fourth-order valence-corrected chi connectivity index (χ4v) is 2.23. The van der Waals surface area contributed by atoms with Gasteiger partial charge in [-0.05, 0) is 50.5 Å². The first-order valence-electron chi connectivity index (χ1n) is 8.67. The molecule has 0 aliphatic carbocycles. The summed E-state index contributed by atoms with van der Waals surface area (Å²) in [7, 11) is 0. The molecular formula is C19H28N2O4. The number of rotatable bonds is 9. The minimum absolute atomic E-state index is 0.218. The average molecular weight is 348 g/mol. The lowest BCUT2D eigenvalue weighted by molar-refractivity contribution is -0.151. The van der Waals surface area contributed by atoms with Gasteiger partial charge in [-0.3, -0.25) is 14.4 Å². The van der Waals surface area contributed by atoms with Crippen molar-refractivity contribution in [2.24, 2.45) is 0 Å². The predicted octanol–water partition coefficient (Wildman–Crippen LogP) is 2.23. The van der Waals surface area contributed by atoms with Gasteiger partial charge >= 0.3 is 5.97 Å². The Hall–Kier alpha value is -2.37. The number of amides is 2. The third kappa shape index (κ3) is 6.95. The average Bonchev–Trinajstić information content (AvgIpc) is 2.60. The summed E-state index contributed by atoms with van der Waals surface area (Å²) < 4.78 is 4.95. The van der Waals surface area contributed by atoms with Crippen molar-refractivity contribution in [2.75, 3.05) is 26.2 Å². The molecule has 6 nitrogen and oxygen atoms in total. The van der Waals surface area contributed by atoms with E-state index in [-0.39, 0.29) is 25.0 Å². The summed E-state index contributed by atoms with van der Waals surface area (Å²) in [5, 5.41) is 2.51. The molecule has 0 bridgehead atoms. The van der Waals surface area contributed by atoms with Gasteiger partial charge in [-0.25, -0.2) is 0 Å². The first-order valence-corrected chi connectivity index (χ1v) is 8.67. The van der Waals surface area contributed by atoms with E-state index in [9.17, 15) is 14.4 Å². The smallest absolute Gasteiger partial charge is 0.325 e. The lowest BCUT2D eigenvalue weighted by atomic mass is 10.1. The Morgan fingerprint density at radius 1 is 1.12 bits per heavy atom. The van der Waals surface area contributed by atoms with E-state index in [2.05, 4.69) is 12.2 Å². The normalized spacial score (nSPS) is 10.2. The van der Waals surface area contributed by atoms with E-state index < -0.39 is 5.97 Å². The van der Waals surface area contributed by atoms with Crippen LogP contribution in [-0.2, 0) is 14.3 Å². The Balaban J connectivity index is 2.40. The van der Waals surface area contributed by atoms with E-state index >= 15 is 0 Å². The van der Waals surface area contributed by atoms with Gasteiger partial charge in [-0.2, -0.15) is 0 Å². The quantitative estimate of drug-likeness (QED) is 0.694. The maximum Gasteiger partial charge on any atom is 0.325 e. The van der Waals surface area contributed by atoms with Crippen LogP contribution in [0.3, 0.4) is 0 Å². The van der Waals surface area contributed by atoms with Gasteiger partial charge in [-0.15, -0.1) is 0 Å². The van der Waals surface area contributed by atoms with Crippen molar-refractivity contribution in [3.63, 3.8) is 0 Å². The largest absolute Gasteiger partial charge is 0.454 e. The van der Waals surface area contributed by atoms with Crippen molar-refractivity contribution < 1.29 is 19.1 Å². The van der Waals surface area contributed by atoms with Crippen LogP contribution in [0.4, 0.5) is 0 Å². The van der Waals surface area contributed by atoms with Gasteiger partial charge in [-0.1, -0.05) is 19.4 Å². The highest BCUT2D eigenvalue weighted by molar-refractivity contribution is 5.96. The summed E-state index contributed by atoms with van der Waals surface area (Å²) in [6, 6.07) is 5.34. The maximum atomic E-state index is 12.0. The number of ether oxygens (including phenoxy) is 1. The fraction of sp³-hybridized carbons (Fsp3) is 0.526. The minimum atomic E-state index is -0.628. The van der Waals surface area contributed by atoms with E-state index in [0.717, 1.165) is 24.0 Å². The van der Waals surface area contributed by atoms with Crippen LogP contribution < -0.4 is 5.32 Å². The Morgan fingerprint density at radius 2 is 1.84 bits per heavy atom. The molecule has 0 aromatic heterocycles. The maximum absolute atomic E-state index is 12.0. The topological polar surface area (TPSA) is 75.7 Å². The van der Waals surface area contributed by atoms with Gasteiger partial charge in [0.05, 0.1) is 0 Å². The van der Waals surface area contributed by atoms with Crippen LogP contribution in [0.2, 0.25) is 0 Å². The number of likely N-dealkylation sites (N-methyl/N-ethyl adjacent to an activating group) is 1. The molecule has 1 rings (SSSR count). The zero-order valence-corrected chi connectivity index (χ0v) is 15.6. The molecule has 0 heterocycles. The summed E-state index contributed by atoms with van der Waals surface area (Å²) in [6.45, 7) is 8.51. The molecule has 1 aromatic rings. The molecular weight excluding hydrogens is 320 g/mol. The third-order valence-electron chi connectivity index (χ3n) is 4.04. The van der Waals surface area contributed by atoms with Crippen molar-refractivity contribution in [3.8, 4) is 0 Å². The summed E-state index contributed by atoms with van der Waals surface area (Å²) in [5.41, 5.74) is 2.59. The summed E-state index contributed by atoms with van der Waals surface area (Å²) in [5.74, 6) is -1.19. The van der Waals surface area contributed by atoms with E-state index in [0.29, 0.717) is 18.7 Å². The number of carbonyl (C=O) groups is 3. The molecule has 0 spiro atoms. The standard InChI is InChI=1S/C19H28N2O4/c1-5-7-10-21(6-2)17(22)13-25-18(23)12-20-19(24)16-9-8-14(3)15(4)11-16/h8-9,11H,5-7,10,12-13H2,1-4H3,(H,20,24). The van der Waals surface area contributed by atoms with Crippen LogP contribution in [-0.4, -0.2) is 48.9 Å². The van der Waals surface area contributed by atoms with Crippen LogP contribution >= 0.6 is 0 Å². The second-order valence-electron chi connectivity index (χ2n) is 5.97. The first-order chi connectivity index (χ1) is 11.9. The minimum Gasteiger partial charge on any atom is -0.454 e. The number of nitrogens with one attached hydrogen (secondary N) is 1. The van der Waals surface area contributed by atoms with Crippen molar-refractivity contribution in [1.29, 1.82) is 0 Å². The Bertz CT molecular complexity index is 613. The van der Waals surface area contributed by atoms with E-state index in [1.165, 1.54) is 0 Å². The molecule has 0 atom stereocenters. The van der Waals surface area contributed by atoms with Crippen molar-refractivity contribution in [1.82, 2.24) is 10.2 Å². The molecule has 0 aliphatic rings. The number of esters is 1. The highest BCUT2D eigenvalue weighted by Crippen LogP contribution is 2.09. The molecule has 0 unspecified atom stereocenters. The number of nitrogens with zero attached hydrogens (tertiary/aromatic N) is 1. The van der Waals surface area contributed by atoms with Gasteiger partial charge in [0.1, 0.15) is 6.54 Å². The highest BCUT2D eigenvalue weighted by Gasteiger charge is 2.15. The molecule has 0 radical (unpaired) electrons. The summed E-state index contributed by atoms with van der Waals surface area (Å²) in [6.07, 6.45) is 1.91. The van der Waals surface area contributed by atoms with Crippen LogP contribution in [0.1, 0.15) is 48.2 Å². The third-order valence-corrected chi connectivity index (χ3v) is 4.04. The van der Waals surface area contributed by atoms with Gasteiger partial charge in [0, 0.05) is 18.7 Å². The van der Waals surface area contributed by atoms with Crippen molar-refractivity contribution >= 4 is 17.8 Å². The number of unbranched alkanes of at least 4 members (excludes halogenated alkanes) is 1. The Kier molecular flexibility index (Phi) is 8.67. The van der Waals surface area contributed by atoms with Crippen molar-refractivity contribution in [2.45, 2.75) is 40.5 Å². The van der Waals surface area contributed by atoms with Crippen LogP contribution in [0, 0.1) is 13.8 Å². The van der Waals surface area contributed by atoms with Crippen molar-refractivity contribution in [3.05, 3.63) is 34.9 Å². The zero-order chi connectivity index (χ0) is 18.8. The molecule has 0 saturated heterocycles. The molecule has 6 heteroatoms. The van der Waals surface area contributed by atoms with E-state index in [1.807, 2.05) is 26.8 Å². The van der Waals surface area contributed by atoms with Gasteiger partial charge in [0.2, 0.25) is 0 Å². The van der Waals surface area contributed by atoms with Gasteiger partial charge in [0.25, 0.3) is 11.8 Å². The van der Waals surface area contributed by atoms with Crippen LogP contribution in [0.5, 0.6) is 0 Å². The summed E-state index contributed by atoms with van der Waals surface area (Å²) in [4.78, 5) is 37.4. The monoisotopic (exact) mass is 348 g/mol. The van der Waals surface area contributed by atoms with Gasteiger partial charge < -0.3 is 15.0 Å². The lowest BCUT2D eigenvalue weighted by Gasteiger charge is -2.20. The first kappa shape index (κ1) is 20.7. The fourth-order valence-electron chi connectivity index (χ4n) is 2.23. The number of hydrogen-bond acceptors (Lipinski definition) is 4. The molecule has 0 aliphatic heterocycles. The molecule has 138 valence electrons. The van der Waals surface area contributed by atoms with Crippen LogP contribution in [0.25, 0.3) is 0 Å². The highest BCUT2D eigenvalue weighted by atomic mass is 16.5. The van der Waals surface area contributed by atoms with Gasteiger partial charge in [0.15, 0.2) is 6.61 Å². The molecule has 1 aromatic carbocycles. The lowest BCUT2D eigenvalue weighted by Crippen LogP contribution is -2.37. The molecule has 0 fully saturated rings.